The molecule has 1 heterocycles. The van der Waals surface area contributed by atoms with Gasteiger partial charge in [0, 0.05) is 17.9 Å². The average molecular weight is 399 g/mol. The van der Waals surface area contributed by atoms with Crippen molar-refractivity contribution in [1.29, 1.82) is 0 Å². The molecule has 0 fully saturated rings. The molecule has 1 atom stereocenters. The van der Waals surface area contributed by atoms with Crippen molar-refractivity contribution in [3.63, 3.8) is 0 Å². The summed E-state index contributed by atoms with van der Waals surface area (Å²) >= 11 is 0. The number of nitrogens with zero attached hydrogens (tertiary/aromatic N) is 2. The van der Waals surface area contributed by atoms with E-state index in [2.05, 4.69) is 30.9 Å². The summed E-state index contributed by atoms with van der Waals surface area (Å²) in [7, 11) is 1.66. The van der Waals surface area contributed by atoms with Gasteiger partial charge in [-0.2, -0.15) is 0 Å². The third-order valence-corrected chi connectivity index (χ3v) is 5.37. The van der Waals surface area contributed by atoms with Crippen LogP contribution in [-0.4, -0.2) is 24.0 Å². The topological polar surface area (TPSA) is 32.8 Å². The van der Waals surface area contributed by atoms with Crippen molar-refractivity contribution in [3.05, 3.63) is 102 Å². The number of hydrogen-bond donors (Lipinski definition) is 0. The van der Waals surface area contributed by atoms with Crippen molar-refractivity contribution in [1.82, 2.24) is 4.90 Å². The van der Waals surface area contributed by atoms with Crippen LogP contribution in [0.3, 0.4) is 0 Å². The molecule has 30 heavy (non-hydrogen) atoms. The Labute approximate surface area is 178 Å². The van der Waals surface area contributed by atoms with Crippen LogP contribution in [0.2, 0.25) is 0 Å². The lowest BCUT2D eigenvalue weighted by Gasteiger charge is -2.45. The van der Waals surface area contributed by atoms with Gasteiger partial charge < -0.3 is 14.5 Å². The van der Waals surface area contributed by atoms with Crippen LogP contribution < -0.4 is 9.64 Å². The fraction of sp³-hybridized carbons (Fsp3) is 0.192. The van der Waals surface area contributed by atoms with E-state index < -0.39 is 0 Å². The third-order valence-electron chi connectivity index (χ3n) is 5.37. The number of carbonyl (C=O) groups excluding carboxylic acids is 1. The summed E-state index contributed by atoms with van der Waals surface area (Å²) in [6.45, 7) is 4.13. The zero-order valence-electron chi connectivity index (χ0n) is 17.5. The van der Waals surface area contributed by atoms with Gasteiger partial charge in [0.05, 0.1) is 12.7 Å². The first-order valence-corrected chi connectivity index (χ1v) is 10.2. The molecule has 1 unspecified atom stereocenters. The number of benzene rings is 3. The van der Waals surface area contributed by atoms with E-state index >= 15 is 0 Å². The third kappa shape index (κ3) is 3.69. The van der Waals surface area contributed by atoms with Crippen molar-refractivity contribution in [2.75, 3.05) is 12.0 Å². The summed E-state index contributed by atoms with van der Waals surface area (Å²) < 4.78 is 5.34. The number of amides is 1. The van der Waals surface area contributed by atoms with E-state index in [-0.39, 0.29) is 18.1 Å². The molecule has 0 N–H and O–H groups in total. The zero-order chi connectivity index (χ0) is 21.1. The summed E-state index contributed by atoms with van der Waals surface area (Å²) in [6, 6.07) is 28.0. The van der Waals surface area contributed by atoms with Gasteiger partial charge in [-0.05, 0) is 49.2 Å². The Hall–Kier alpha value is -3.53. The van der Waals surface area contributed by atoms with Gasteiger partial charge in [-0.3, -0.25) is 4.79 Å². The number of anilines is 1. The Balaban J connectivity index is 1.91. The van der Waals surface area contributed by atoms with Crippen molar-refractivity contribution in [2.24, 2.45) is 0 Å². The second-order valence-electron chi connectivity index (χ2n) is 7.60. The Morgan fingerprint density at radius 2 is 1.43 bits per heavy atom. The molecule has 152 valence electrons. The van der Waals surface area contributed by atoms with Gasteiger partial charge in [0.2, 0.25) is 0 Å². The number of hydrogen-bond acceptors (Lipinski definition) is 3. The molecule has 0 radical (unpaired) electrons. The number of ether oxygens (including phenoxy) is 1. The molecule has 1 amide bonds. The van der Waals surface area contributed by atoms with E-state index in [1.807, 2.05) is 83.9 Å². The van der Waals surface area contributed by atoms with Crippen LogP contribution in [0.15, 0.2) is 91.1 Å². The maximum Gasteiger partial charge on any atom is 0.258 e. The van der Waals surface area contributed by atoms with Gasteiger partial charge in [0.25, 0.3) is 5.91 Å². The highest BCUT2D eigenvalue weighted by atomic mass is 16.5. The first-order valence-electron chi connectivity index (χ1n) is 10.2. The van der Waals surface area contributed by atoms with E-state index in [1.54, 1.807) is 7.11 Å². The Morgan fingerprint density at radius 3 is 2.00 bits per heavy atom. The van der Waals surface area contributed by atoms with Crippen LogP contribution in [0.4, 0.5) is 5.69 Å². The summed E-state index contributed by atoms with van der Waals surface area (Å²) in [5.41, 5.74) is 3.67. The lowest BCUT2D eigenvalue weighted by Crippen LogP contribution is -2.50. The Bertz CT molecular complexity index is 1030. The Kier molecular flexibility index (Phi) is 5.57. The van der Waals surface area contributed by atoms with Gasteiger partial charge >= 0.3 is 0 Å². The van der Waals surface area contributed by atoms with Gasteiger partial charge in [-0.1, -0.05) is 60.7 Å². The summed E-state index contributed by atoms with van der Waals surface area (Å²) in [5.74, 6) is 0.839. The van der Waals surface area contributed by atoms with Crippen LogP contribution in [0, 0.1) is 0 Å². The van der Waals surface area contributed by atoms with Gasteiger partial charge in [-0.15, -0.1) is 0 Å². The van der Waals surface area contributed by atoms with E-state index in [1.165, 1.54) is 0 Å². The number of rotatable bonds is 5. The summed E-state index contributed by atoms with van der Waals surface area (Å²) in [6.07, 6.45) is 1.75. The minimum absolute atomic E-state index is 0.0240. The molecular formula is C26H26N2O2. The normalized spacial score (nSPS) is 16.6. The van der Waals surface area contributed by atoms with Crippen molar-refractivity contribution in [2.45, 2.75) is 26.1 Å². The summed E-state index contributed by atoms with van der Waals surface area (Å²) in [5, 5.41) is 0. The van der Waals surface area contributed by atoms with Crippen molar-refractivity contribution in [3.8, 4) is 5.75 Å². The van der Waals surface area contributed by atoms with E-state index in [0.29, 0.717) is 5.57 Å². The zero-order valence-corrected chi connectivity index (χ0v) is 17.5. The molecule has 0 aromatic heterocycles. The minimum atomic E-state index is -0.237. The molecular weight excluding hydrogens is 372 g/mol. The SMILES string of the molecule is COc1ccc(N2C=C(c3ccccc3)C(=O)N(C(C)C)C2c2ccccc2)cc1. The van der Waals surface area contributed by atoms with Crippen LogP contribution in [0.25, 0.3) is 5.57 Å². The molecule has 1 aliphatic heterocycles. The molecule has 4 heteroatoms. The molecule has 1 aliphatic rings. The summed E-state index contributed by atoms with van der Waals surface area (Å²) in [4.78, 5) is 17.8. The molecule has 0 aliphatic carbocycles. The van der Waals surface area contributed by atoms with Crippen LogP contribution >= 0.6 is 0 Å². The predicted molar refractivity (Wildman–Crippen MR) is 121 cm³/mol. The lowest BCUT2D eigenvalue weighted by molar-refractivity contribution is -0.129. The van der Waals surface area contributed by atoms with Crippen LogP contribution in [-0.2, 0) is 4.79 Å². The average Bonchev–Trinajstić information content (AvgIpc) is 2.79. The van der Waals surface area contributed by atoms with E-state index in [0.717, 1.165) is 22.6 Å². The largest absolute Gasteiger partial charge is 0.497 e. The van der Waals surface area contributed by atoms with Crippen LogP contribution in [0.1, 0.15) is 31.1 Å². The first kappa shape index (κ1) is 19.8. The quantitative estimate of drug-likeness (QED) is 0.570. The fourth-order valence-electron chi connectivity index (χ4n) is 3.90. The van der Waals surface area contributed by atoms with Crippen LogP contribution in [0.5, 0.6) is 5.75 Å². The highest BCUT2D eigenvalue weighted by Gasteiger charge is 2.38. The molecule has 3 aromatic rings. The highest BCUT2D eigenvalue weighted by molar-refractivity contribution is 6.21. The fourth-order valence-corrected chi connectivity index (χ4v) is 3.90. The van der Waals surface area contributed by atoms with Crippen molar-refractivity contribution < 1.29 is 9.53 Å². The second kappa shape index (κ2) is 8.46. The monoisotopic (exact) mass is 398 g/mol. The van der Waals surface area contributed by atoms with Gasteiger partial charge in [0.1, 0.15) is 11.9 Å². The highest BCUT2D eigenvalue weighted by Crippen LogP contribution is 2.39. The molecule has 0 saturated heterocycles. The van der Waals surface area contributed by atoms with Gasteiger partial charge in [-0.25, -0.2) is 0 Å². The molecule has 0 spiro atoms. The molecule has 4 rings (SSSR count). The maximum absolute atomic E-state index is 13.6. The molecule has 0 saturated carbocycles. The van der Waals surface area contributed by atoms with Gasteiger partial charge in [0.15, 0.2) is 0 Å². The standard InChI is InChI=1S/C26H26N2O2/c1-19(2)28-25(21-12-8-5-9-13-21)27(22-14-16-23(30-3)17-15-22)18-24(26(28)29)20-10-6-4-7-11-20/h4-19,25H,1-3H3. The van der Waals surface area contributed by atoms with E-state index in [4.69, 9.17) is 4.74 Å². The lowest BCUT2D eigenvalue weighted by atomic mass is 9.98. The van der Waals surface area contributed by atoms with Crippen molar-refractivity contribution >= 4 is 17.2 Å². The molecule has 0 bridgehead atoms. The second-order valence-corrected chi connectivity index (χ2v) is 7.60. The number of methoxy groups -OCH3 is 1. The smallest absolute Gasteiger partial charge is 0.258 e. The molecule has 4 nitrogen and oxygen atoms in total. The molecule has 3 aromatic carbocycles. The van der Waals surface area contributed by atoms with E-state index in [9.17, 15) is 4.79 Å². The maximum atomic E-state index is 13.6. The minimum Gasteiger partial charge on any atom is -0.497 e. The predicted octanol–water partition coefficient (Wildman–Crippen LogP) is 5.49. The first-order chi connectivity index (χ1) is 14.6. The Morgan fingerprint density at radius 1 is 0.833 bits per heavy atom. The number of carbonyl (C=O) groups is 1.